The minimum atomic E-state index is -1.52. The van der Waals surface area contributed by atoms with Gasteiger partial charge in [0.05, 0.1) is 11.9 Å². The van der Waals surface area contributed by atoms with Gasteiger partial charge in [-0.15, -0.1) is 0 Å². The molecule has 0 heterocycles. The van der Waals surface area contributed by atoms with E-state index in [0.29, 0.717) is 0 Å². The van der Waals surface area contributed by atoms with Gasteiger partial charge >= 0.3 is 162 Å². The van der Waals surface area contributed by atoms with Crippen LogP contribution in [0.25, 0.3) is 0 Å². The number of hydrogen-bond donors (Lipinski definition) is 0. The monoisotopic (exact) mass is 290 g/mol. The number of benzene rings is 1. The first-order valence-corrected chi connectivity index (χ1v) is 3.14. The van der Waals surface area contributed by atoms with Crippen molar-refractivity contribution in [2.75, 3.05) is 0 Å². The van der Waals surface area contributed by atoms with E-state index in [1.165, 1.54) is 12.1 Å². The van der Waals surface area contributed by atoms with Gasteiger partial charge in [-0.2, -0.15) is 0 Å². The molecule has 8 heteroatoms. The molecule has 0 aliphatic heterocycles. The van der Waals surface area contributed by atoms with Crippen molar-refractivity contribution in [2.45, 2.75) is 0 Å². The summed E-state index contributed by atoms with van der Waals surface area (Å²) in [4.78, 5) is 20.6. The summed E-state index contributed by atoms with van der Waals surface area (Å²) in [6.45, 7) is 0. The minimum Gasteiger partial charge on any atom is -1.00 e. The van der Waals surface area contributed by atoms with Crippen molar-refractivity contribution in [3.8, 4) is 0 Å². The van der Waals surface area contributed by atoms with Crippen molar-refractivity contribution >= 4 is 11.9 Å². The summed E-state index contributed by atoms with van der Waals surface area (Å²) in [7, 11) is 0. The first kappa shape index (κ1) is 27.7. The molecule has 0 aliphatic carbocycles. The fraction of sp³-hybridized carbons (Fsp3) is 0. The van der Waals surface area contributed by atoms with Crippen LogP contribution in [0.1, 0.15) is 23.6 Å². The Morgan fingerprint density at radius 3 is 1.31 bits per heavy atom. The number of carboxylic acids is 2. The van der Waals surface area contributed by atoms with Crippen molar-refractivity contribution in [1.29, 1.82) is 0 Å². The van der Waals surface area contributed by atoms with Crippen LogP contribution < -0.4 is 172 Å². The van der Waals surface area contributed by atoms with Crippen LogP contribution in [0.5, 0.6) is 0 Å². The van der Waals surface area contributed by atoms with Crippen LogP contribution >= 0.6 is 0 Å². The van der Waals surface area contributed by atoms with E-state index in [9.17, 15) is 19.8 Å². The Hall–Kier alpha value is 3.43. The number of carboxylic acid groups (broad SMARTS) is 2. The third-order valence-electron chi connectivity index (χ3n) is 1.37. The van der Waals surface area contributed by atoms with Gasteiger partial charge in [-0.05, 0) is 0 Å². The van der Waals surface area contributed by atoms with Crippen LogP contribution in [0, 0.1) is 0 Å². The molecule has 0 saturated carbocycles. The van der Waals surface area contributed by atoms with Crippen molar-refractivity contribution in [3.63, 3.8) is 0 Å². The second kappa shape index (κ2) is 14.8. The molecule has 16 heavy (non-hydrogen) atoms. The normalized spacial score (nSPS) is 7.00. The maximum atomic E-state index is 10.3. The fourth-order valence-corrected chi connectivity index (χ4v) is 0.839. The molecule has 0 saturated heterocycles. The average molecular weight is 290 g/mol. The molecule has 0 N–H and O–H groups in total. The van der Waals surface area contributed by atoms with E-state index < -0.39 is 11.9 Å². The summed E-state index contributed by atoms with van der Waals surface area (Å²) in [6.07, 6.45) is 0. The maximum Gasteiger partial charge on any atom is 1.00 e. The SMILES string of the molecule is O=C([O-])c1ccccc1C(=O)[O-].[H-].[H-].[K+].[K+].[Na+].[Na+]. The summed E-state index contributed by atoms with van der Waals surface area (Å²) in [5.74, 6) is -3.04. The third kappa shape index (κ3) is 9.35. The number of aromatic carboxylic acids is 2. The van der Waals surface area contributed by atoms with Crippen molar-refractivity contribution < 1.29 is 185 Å². The summed E-state index contributed by atoms with van der Waals surface area (Å²) in [5, 5.41) is 20.6. The van der Waals surface area contributed by atoms with Crippen LogP contribution in [0.4, 0.5) is 0 Å². The van der Waals surface area contributed by atoms with E-state index in [0.717, 1.165) is 12.1 Å². The van der Waals surface area contributed by atoms with E-state index in [4.69, 9.17) is 0 Å². The zero-order valence-corrected chi connectivity index (χ0v) is 20.2. The van der Waals surface area contributed by atoms with Crippen LogP contribution in [0.3, 0.4) is 0 Å². The molecule has 0 bridgehead atoms. The smallest absolute Gasteiger partial charge is 1.00 e. The number of rotatable bonds is 2. The van der Waals surface area contributed by atoms with Gasteiger partial charge in [0.2, 0.25) is 0 Å². The molecule has 1 aromatic rings. The van der Waals surface area contributed by atoms with Gasteiger partial charge in [0.15, 0.2) is 0 Å². The third-order valence-corrected chi connectivity index (χ3v) is 1.37. The quantitative estimate of drug-likeness (QED) is 0.507. The Morgan fingerprint density at radius 1 is 0.875 bits per heavy atom. The van der Waals surface area contributed by atoms with Gasteiger partial charge in [-0.25, -0.2) is 0 Å². The Kier molecular flexibility index (Phi) is 25.7. The van der Waals surface area contributed by atoms with Gasteiger partial charge < -0.3 is 22.7 Å². The molecule has 0 aromatic heterocycles. The second-order valence-electron chi connectivity index (χ2n) is 2.12. The Bertz CT molecular complexity index is 323. The molecule has 0 spiro atoms. The average Bonchev–Trinajstić information content (AvgIpc) is 2.04. The minimum absolute atomic E-state index is 0. The molecule has 0 amide bonds. The zero-order chi connectivity index (χ0) is 9.14. The zero-order valence-electron chi connectivity index (χ0n) is 11.9. The van der Waals surface area contributed by atoms with Crippen molar-refractivity contribution in [1.82, 2.24) is 0 Å². The van der Waals surface area contributed by atoms with Crippen molar-refractivity contribution in [3.05, 3.63) is 35.4 Å². The Morgan fingerprint density at radius 2 is 1.12 bits per heavy atom. The number of hydrogen-bond acceptors (Lipinski definition) is 4. The van der Waals surface area contributed by atoms with Crippen LogP contribution in [-0.4, -0.2) is 11.9 Å². The maximum absolute atomic E-state index is 10.3. The molecule has 0 fully saturated rings. The topological polar surface area (TPSA) is 80.3 Å². The first-order chi connectivity index (χ1) is 5.63. The number of carbonyl (C=O) groups excluding carboxylic acids is 2. The molecule has 4 nitrogen and oxygen atoms in total. The second-order valence-corrected chi connectivity index (χ2v) is 2.12. The molecular weight excluding hydrogens is 284 g/mol. The van der Waals surface area contributed by atoms with Gasteiger partial charge in [0.25, 0.3) is 0 Å². The summed E-state index contributed by atoms with van der Waals surface area (Å²) >= 11 is 0. The van der Waals surface area contributed by atoms with Gasteiger partial charge in [0, 0.05) is 11.1 Å². The van der Waals surface area contributed by atoms with Crippen molar-refractivity contribution in [2.24, 2.45) is 0 Å². The van der Waals surface area contributed by atoms with E-state index in [1.54, 1.807) is 0 Å². The molecular formula is C8H6K2Na2O4. The molecule has 0 radical (unpaired) electrons. The van der Waals surface area contributed by atoms with Gasteiger partial charge in [-0.3, -0.25) is 0 Å². The molecule has 0 aliphatic rings. The Labute approximate surface area is 226 Å². The van der Waals surface area contributed by atoms with Crippen LogP contribution in [0.2, 0.25) is 0 Å². The van der Waals surface area contributed by atoms with E-state index in [-0.39, 0.29) is 176 Å². The summed E-state index contributed by atoms with van der Waals surface area (Å²) in [6, 6.07) is 5.14. The molecule has 1 rings (SSSR count). The Balaban J connectivity index is -0.0000000600. The molecule has 0 atom stereocenters. The standard InChI is InChI=1S/C8H6O4.2K.2Na.2H/c9-7(10)5-3-1-2-4-6(5)8(11)12;;;;;;/h1-4H,(H,9,10)(H,11,12);;;;;;/q;4*+1;2*-1/p-2. The van der Waals surface area contributed by atoms with E-state index in [1.807, 2.05) is 0 Å². The summed E-state index contributed by atoms with van der Waals surface area (Å²) < 4.78 is 0. The van der Waals surface area contributed by atoms with E-state index in [2.05, 4.69) is 0 Å². The molecule has 66 valence electrons. The molecule has 1 aromatic carbocycles. The van der Waals surface area contributed by atoms with Crippen LogP contribution in [-0.2, 0) is 0 Å². The largest absolute Gasteiger partial charge is 1.00 e. The van der Waals surface area contributed by atoms with Crippen LogP contribution in [0.15, 0.2) is 24.3 Å². The van der Waals surface area contributed by atoms with E-state index >= 15 is 0 Å². The summed E-state index contributed by atoms with van der Waals surface area (Å²) in [5.41, 5.74) is -0.727. The van der Waals surface area contributed by atoms with Gasteiger partial charge in [0.1, 0.15) is 0 Å². The fourth-order valence-electron chi connectivity index (χ4n) is 0.839. The first-order valence-electron chi connectivity index (χ1n) is 3.14. The predicted octanol–water partition coefficient (Wildman–Crippen LogP) is -13.3. The number of carbonyl (C=O) groups is 2. The molecule has 0 unspecified atom stereocenters. The predicted molar refractivity (Wildman–Crippen MR) is 37.3 cm³/mol. The van der Waals surface area contributed by atoms with Gasteiger partial charge in [-0.1, -0.05) is 24.3 Å².